The van der Waals surface area contributed by atoms with E-state index in [1.54, 1.807) is 14.2 Å². The minimum Gasteiger partial charge on any atom is -0.388 e. The molecule has 0 spiro atoms. The first-order valence-electron chi connectivity index (χ1n) is 4.45. The topological polar surface area (TPSA) is 81.4 Å². The minimum atomic E-state index is 0.139. The molecule has 0 aromatic rings. The quantitative estimate of drug-likeness (QED) is 0.567. The summed E-state index contributed by atoms with van der Waals surface area (Å²) in [6.45, 7) is 2.96. The highest BCUT2D eigenvalue weighted by Gasteiger charge is 2.17. The monoisotopic (exact) mass is 204 g/mol. The average Bonchev–Trinajstić information content (AvgIpc) is 2.53. The van der Waals surface area contributed by atoms with Crippen LogP contribution in [0.3, 0.4) is 0 Å². The molecule has 5 nitrogen and oxygen atoms in total. The molecule has 1 aliphatic heterocycles. The van der Waals surface area contributed by atoms with Crippen LogP contribution in [0.5, 0.6) is 0 Å². The number of amides is 1. The second-order valence-corrected chi connectivity index (χ2v) is 2.79. The van der Waals surface area contributed by atoms with E-state index < -0.39 is 0 Å². The molecular formula is C9H20N2O3. The van der Waals surface area contributed by atoms with Gasteiger partial charge >= 0.3 is 0 Å². The summed E-state index contributed by atoms with van der Waals surface area (Å²) >= 11 is 0. The SMILES string of the molecule is CC1CCNC1=O.COC.NCC=O. The van der Waals surface area contributed by atoms with Crippen molar-refractivity contribution < 1.29 is 14.3 Å². The molecule has 1 atom stereocenters. The third-order valence-electron chi connectivity index (χ3n) is 1.42. The minimum absolute atomic E-state index is 0.139. The Bertz CT molecular complexity index is 151. The maximum absolute atomic E-state index is 10.5. The maximum Gasteiger partial charge on any atom is 0.222 e. The van der Waals surface area contributed by atoms with Crippen LogP contribution in [0.15, 0.2) is 0 Å². The molecule has 1 amide bonds. The number of carbonyl (C=O) groups is 2. The second kappa shape index (κ2) is 12.1. The first kappa shape index (κ1) is 15.5. The number of methoxy groups -OCH3 is 1. The van der Waals surface area contributed by atoms with Crippen molar-refractivity contribution >= 4 is 12.2 Å². The van der Waals surface area contributed by atoms with E-state index >= 15 is 0 Å². The molecule has 1 aliphatic rings. The largest absolute Gasteiger partial charge is 0.388 e. The van der Waals surface area contributed by atoms with Crippen molar-refractivity contribution in [1.82, 2.24) is 5.32 Å². The van der Waals surface area contributed by atoms with E-state index in [0.29, 0.717) is 6.29 Å². The Morgan fingerprint density at radius 1 is 1.64 bits per heavy atom. The average molecular weight is 204 g/mol. The summed E-state index contributed by atoms with van der Waals surface area (Å²) in [6.07, 6.45) is 1.67. The third-order valence-corrected chi connectivity index (χ3v) is 1.42. The van der Waals surface area contributed by atoms with Crippen LogP contribution in [0.1, 0.15) is 13.3 Å². The van der Waals surface area contributed by atoms with Gasteiger partial charge in [-0.05, 0) is 6.42 Å². The normalized spacial score (nSPS) is 18.3. The van der Waals surface area contributed by atoms with Gasteiger partial charge < -0.3 is 20.6 Å². The lowest BCUT2D eigenvalue weighted by Crippen LogP contribution is -2.16. The summed E-state index contributed by atoms with van der Waals surface area (Å²) in [6, 6.07) is 0. The summed E-state index contributed by atoms with van der Waals surface area (Å²) in [5.41, 5.74) is 4.66. The Balaban J connectivity index is 0. The van der Waals surface area contributed by atoms with Gasteiger partial charge in [-0.3, -0.25) is 4.79 Å². The Morgan fingerprint density at radius 2 is 2.07 bits per heavy atom. The third kappa shape index (κ3) is 11.1. The standard InChI is InChI=1S/C5H9NO.C2H5NO.C2H6O/c1-4-2-3-6-5(4)7;3-1-2-4;1-3-2/h4H,2-3H2,1H3,(H,6,7);2H,1,3H2;1-2H3. The highest BCUT2D eigenvalue weighted by Crippen LogP contribution is 2.05. The summed E-state index contributed by atoms with van der Waals surface area (Å²) in [5.74, 6) is 0.472. The van der Waals surface area contributed by atoms with Crippen molar-refractivity contribution in [3.63, 3.8) is 0 Å². The van der Waals surface area contributed by atoms with Gasteiger partial charge in [0.2, 0.25) is 5.91 Å². The van der Waals surface area contributed by atoms with Crippen LogP contribution in [0.4, 0.5) is 0 Å². The van der Waals surface area contributed by atoms with Crippen molar-refractivity contribution in [3.8, 4) is 0 Å². The number of rotatable bonds is 1. The van der Waals surface area contributed by atoms with Gasteiger partial charge in [0.05, 0.1) is 0 Å². The van der Waals surface area contributed by atoms with E-state index in [9.17, 15) is 4.79 Å². The molecule has 1 saturated heterocycles. The smallest absolute Gasteiger partial charge is 0.222 e. The number of hydrogen-bond donors (Lipinski definition) is 2. The first-order chi connectivity index (χ1) is 6.63. The van der Waals surface area contributed by atoms with Crippen molar-refractivity contribution in [1.29, 1.82) is 0 Å². The predicted octanol–water partition coefficient (Wildman–Crippen LogP) is -0.451. The van der Waals surface area contributed by atoms with E-state index in [4.69, 9.17) is 4.79 Å². The molecular weight excluding hydrogens is 184 g/mol. The fraction of sp³-hybridized carbons (Fsp3) is 0.778. The van der Waals surface area contributed by atoms with Crippen molar-refractivity contribution in [2.75, 3.05) is 27.3 Å². The fourth-order valence-corrected chi connectivity index (χ4v) is 0.717. The molecule has 14 heavy (non-hydrogen) atoms. The lowest BCUT2D eigenvalue weighted by atomic mass is 10.1. The molecule has 1 rings (SSSR count). The number of aldehydes is 1. The lowest BCUT2D eigenvalue weighted by Gasteiger charge is -1.90. The number of hydrogen-bond acceptors (Lipinski definition) is 4. The molecule has 3 N–H and O–H groups in total. The fourth-order valence-electron chi connectivity index (χ4n) is 0.717. The summed E-state index contributed by atoms with van der Waals surface area (Å²) < 4.78 is 4.25. The summed E-state index contributed by atoms with van der Waals surface area (Å²) in [4.78, 5) is 19.5. The van der Waals surface area contributed by atoms with Crippen LogP contribution in [0.25, 0.3) is 0 Å². The Morgan fingerprint density at radius 3 is 2.14 bits per heavy atom. The number of nitrogens with two attached hydrogens (primary N) is 1. The van der Waals surface area contributed by atoms with Crippen molar-refractivity contribution in [2.24, 2.45) is 11.7 Å². The Hall–Kier alpha value is -0.940. The van der Waals surface area contributed by atoms with Gasteiger partial charge in [0, 0.05) is 33.2 Å². The van der Waals surface area contributed by atoms with Gasteiger partial charge in [-0.25, -0.2) is 0 Å². The molecule has 1 fully saturated rings. The van der Waals surface area contributed by atoms with Crippen molar-refractivity contribution in [3.05, 3.63) is 0 Å². The second-order valence-electron chi connectivity index (χ2n) is 2.79. The summed E-state index contributed by atoms with van der Waals surface area (Å²) in [7, 11) is 3.25. The molecule has 0 radical (unpaired) electrons. The van der Waals surface area contributed by atoms with E-state index in [1.165, 1.54) is 0 Å². The molecule has 0 bridgehead atoms. The van der Waals surface area contributed by atoms with Crippen molar-refractivity contribution in [2.45, 2.75) is 13.3 Å². The lowest BCUT2D eigenvalue weighted by molar-refractivity contribution is -0.121. The van der Waals surface area contributed by atoms with Crippen LogP contribution in [0.2, 0.25) is 0 Å². The molecule has 84 valence electrons. The molecule has 0 aromatic carbocycles. The molecule has 0 saturated carbocycles. The van der Waals surface area contributed by atoms with E-state index in [2.05, 4.69) is 15.8 Å². The zero-order valence-corrected chi connectivity index (χ0v) is 9.08. The van der Waals surface area contributed by atoms with Gasteiger partial charge in [-0.2, -0.15) is 0 Å². The van der Waals surface area contributed by atoms with Gasteiger partial charge in [0.15, 0.2) is 0 Å². The van der Waals surface area contributed by atoms with Crippen LogP contribution in [0, 0.1) is 5.92 Å². The highest BCUT2D eigenvalue weighted by atomic mass is 16.4. The Labute approximate surface area is 85.0 Å². The van der Waals surface area contributed by atoms with Gasteiger partial charge in [-0.1, -0.05) is 6.92 Å². The van der Waals surface area contributed by atoms with Crippen LogP contribution < -0.4 is 11.1 Å². The number of nitrogens with one attached hydrogen (secondary N) is 1. The molecule has 1 unspecified atom stereocenters. The Kier molecular flexibility index (Phi) is 13.4. The highest BCUT2D eigenvalue weighted by molar-refractivity contribution is 5.80. The predicted molar refractivity (Wildman–Crippen MR) is 54.8 cm³/mol. The zero-order chi connectivity index (χ0) is 11.4. The van der Waals surface area contributed by atoms with E-state index in [-0.39, 0.29) is 18.4 Å². The maximum atomic E-state index is 10.5. The van der Waals surface area contributed by atoms with Gasteiger partial charge in [0.25, 0.3) is 0 Å². The van der Waals surface area contributed by atoms with Crippen LogP contribution in [-0.2, 0) is 14.3 Å². The first-order valence-corrected chi connectivity index (χ1v) is 4.45. The van der Waals surface area contributed by atoms with E-state index in [1.807, 2.05) is 6.92 Å². The van der Waals surface area contributed by atoms with Gasteiger partial charge in [-0.15, -0.1) is 0 Å². The zero-order valence-electron chi connectivity index (χ0n) is 9.08. The van der Waals surface area contributed by atoms with Gasteiger partial charge in [0.1, 0.15) is 6.29 Å². The van der Waals surface area contributed by atoms with E-state index in [0.717, 1.165) is 13.0 Å². The van der Waals surface area contributed by atoms with Crippen LogP contribution >= 0.6 is 0 Å². The number of carbonyl (C=O) groups excluding carboxylic acids is 2. The summed E-state index contributed by atoms with van der Waals surface area (Å²) in [5, 5.41) is 2.73. The molecule has 1 heterocycles. The molecule has 5 heteroatoms. The number of ether oxygens (including phenoxy) is 1. The molecule has 0 aromatic heterocycles. The van der Waals surface area contributed by atoms with Crippen LogP contribution in [-0.4, -0.2) is 39.5 Å². The molecule has 0 aliphatic carbocycles.